The van der Waals surface area contributed by atoms with E-state index in [-0.39, 0.29) is 17.6 Å². The molecule has 0 bridgehead atoms. The molecule has 2 aromatic rings. The predicted molar refractivity (Wildman–Crippen MR) is 111 cm³/mol. The summed E-state index contributed by atoms with van der Waals surface area (Å²) in [6, 6.07) is 8.39. The van der Waals surface area contributed by atoms with Crippen molar-refractivity contribution in [3.63, 3.8) is 0 Å². The Hall–Kier alpha value is -2.68. The minimum Gasteiger partial charge on any atom is -0.366 e. The number of aryl methyl sites for hydroxylation is 2. The number of anilines is 1. The van der Waals surface area contributed by atoms with Crippen LogP contribution in [0.5, 0.6) is 0 Å². The summed E-state index contributed by atoms with van der Waals surface area (Å²) in [4.78, 5) is 17.2. The smallest absolute Gasteiger partial charge is 0.267 e. The molecule has 2 fully saturated rings. The fourth-order valence-corrected chi connectivity index (χ4v) is 4.79. The lowest BCUT2D eigenvalue weighted by Gasteiger charge is -2.30. The largest absolute Gasteiger partial charge is 0.366 e. The van der Waals surface area contributed by atoms with Crippen LogP contribution in [0.2, 0.25) is 0 Å². The first-order chi connectivity index (χ1) is 14.2. The van der Waals surface area contributed by atoms with Crippen LogP contribution >= 0.6 is 0 Å². The van der Waals surface area contributed by atoms with E-state index >= 15 is 0 Å². The van der Waals surface area contributed by atoms with Crippen molar-refractivity contribution in [1.82, 2.24) is 14.8 Å². The van der Waals surface area contributed by atoms with Gasteiger partial charge in [0.2, 0.25) is 0 Å². The molecule has 6 heteroatoms. The molecule has 0 spiro atoms. The van der Waals surface area contributed by atoms with Crippen molar-refractivity contribution < 1.29 is 0 Å². The lowest BCUT2D eigenvalue weighted by atomic mass is 9.90. The lowest BCUT2D eigenvalue weighted by molar-refractivity contribution is 0.301. The van der Waals surface area contributed by atoms with E-state index in [1.165, 1.54) is 31.2 Å². The molecule has 0 saturated heterocycles. The Morgan fingerprint density at radius 2 is 1.86 bits per heavy atom. The van der Waals surface area contributed by atoms with Gasteiger partial charge in [-0.05, 0) is 81.9 Å². The molecule has 0 unspecified atom stereocenters. The highest BCUT2D eigenvalue weighted by Gasteiger charge is 2.28. The number of fused-ring (bicyclic) bond motifs is 1. The Bertz CT molecular complexity index is 1010. The van der Waals surface area contributed by atoms with Crippen molar-refractivity contribution in [2.45, 2.75) is 82.2 Å². The topological polar surface area (TPSA) is 83.6 Å². The van der Waals surface area contributed by atoms with E-state index in [1.54, 1.807) is 10.7 Å². The summed E-state index contributed by atoms with van der Waals surface area (Å²) in [7, 11) is 0. The van der Waals surface area contributed by atoms with Gasteiger partial charge in [-0.15, -0.1) is 0 Å². The molecule has 29 heavy (non-hydrogen) atoms. The van der Waals surface area contributed by atoms with Crippen molar-refractivity contribution in [3.8, 4) is 6.07 Å². The van der Waals surface area contributed by atoms with E-state index in [2.05, 4.69) is 16.5 Å². The van der Waals surface area contributed by atoms with Crippen LogP contribution in [0.4, 0.5) is 5.82 Å². The minimum absolute atomic E-state index is 0.00827. The second kappa shape index (κ2) is 7.62. The third-order valence-corrected chi connectivity index (χ3v) is 6.65. The van der Waals surface area contributed by atoms with Crippen molar-refractivity contribution in [3.05, 3.63) is 51.1 Å². The molecule has 0 atom stereocenters. The molecule has 2 saturated carbocycles. The van der Waals surface area contributed by atoms with Gasteiger partial charge in [-0.25, -0.2) is 9.67 Å². The predicted octanol–water partition coefficient (Wildman–Crippen LogP) is 3.86. The first kappa shape index (κ1) is 18.4. The van der Waals surface area contributed by atoms with Gasteiger partial charge in [0.25, 0.3) is 5.56 Å². The zero-order valence-corrected chi connectivity index (χ0v) is 16.7. The van der Waals surface area contributed by atoms with Crippen LogP contribution in [-0.2, 0) is 12.8 Å². The summed E-state index contributed by atoms with van der Waals surface area (Å²) in [6.45, 7) is 0. The van der Waals surface area contributed by atoms with Crippen molar-refractivity contribution in [1.29, 1.82) is 5.26 Å². The molecule has 2 aromatic heterocycles. The van der Waals surface area contributed by atoms with Crippen LogP contribution < -0.4 is 10.9 Å². The van der Waals surface area contributed by atoms with Crippen LogP contribution in [0, 0.1) is 11.3 Å². The maximum atomic E-state index is 12.3. The Morgan fingerprint density at radius 1 is 1.07 bits per heavy atom. The highest BCUT2D eigenvalue weighted by molar-refractivity contribution is 5.55. The quantitative estimate of drug-likeness (QED) is 0.858. The number of nitrogens with zero attached hydrogens (tertiary/aromatic N) is 4. The number of hydrogen-bond acceptors (Lipinski definition) is 5. The van der Waals surface area contributed by atoms with Crippen molar-refractivity contribution in [2.75, 3.05) is 5.32 Å². The van der Waals surface area contributed by atoms with E-state index in [9.17, 15) is 10.1 Å². The third kappa shape index (κ3) is 3.78. The highest BCUT2D eigenvalue weighted by atomic mass is 16.1. The van der Waals surface area contributed by atoms with Crippen LogP contribution in [0.3, 0.4) is 0 Å². The van der Waals surface area contributed by atoms with Gasteiger partial charge in [0.1, 0.15) is 11.9 Å². The average molecular weight is 390 g/mol. The zero-order valence-electron chi connectivity index (χ0n) is 16.7. The summed E-state index contributed by atoms with van der Waals surface area (Å²) in [5, 5.41) is 17.8. The normalized spacial score (nSPS) is 23.8. The molecule has 0 aliphatic heterocycles. The molecule has 3 aliphatic carbocycles. The summed E-state index contributed by atoms with van der Waals surface area (Å²) in [5.41, 5.74) is 4.13. The number of aromatic nitrogens is 3. The van der Waals surface area contributed by atoms with Gasteiger partial charge in [-0.2, -0.15) is 10.4 Å². The number of pyridine rings is 1. The fourth-order valence-electron chi connectivity index (χ4n) is 4.79. The maximum Gasteiger partial charge on any atom is 0.267 e. The van der Waals surface area contributed by atoms with E-state index in [0.29, 0.717) is 11.5 Å². The number of nitriles is 1. The summed E-state index contributed by atoms with van der Waals surface area (Å²) in [6.07, 6.45) is 10.5. The van der Waals surface area contributed by atoms with Gasteiger partial charge in [-0.1, -0.05) is 0 Å². The summed E-state index contributed by atoms with van der Waals surface area (Å²) < 4.78 is 1.72. The van der Waals surface area contributed by atoms with Gasteiger partial charge >= 0.3 is 0 Å². The number of rotatable bonds is 4. The molecule has 3 aliphatic rings. The Labute approximate surface area is 171 Å². The maximum absolute atomic E-state index is 12.3. The van der Waals surface area contributed by atoms with E-state index in [4.69, 9.17) is 4.98 Å². The molecule has 0 radical (unpaired) electrons. The van der Waals surface area contributed by atoms with Gasteiger partial charge in [0.15, 0.2) is 0 Å². The fraction of sp³-hybridized carbons (Fsp3) is 0.565. The molecule has 0 aromatic carbocycles. The summed E-state index contributed by atoms with van der Waals surface area (Å²) >= 11 is 0. The SMILES string of the molecule is N#Cc1cc2c(nc1NC1CCC(n3nc(C4CC4)ccc3=O)CC1)CCCC2. The van der Waals surface area contributed by atoms with Gasteiger partial charge in [0, 0.05) is 23.7 Å². The molecular formula is C23H27N5O. The molecule has 0 amide bonds. The van der Waals surface area contributed by atoms with E-state index in [1.807, 2.05) is 12.1 Å². The second-order valence-electron chi connectivity index (χ2n) is 8.77. The van der Waals surface area contributed by atoms with Gasteiger partial charge in [0.05, 0.1) is 17.3 Å². The lowest BCUT2D eigenvalue weighted by Crippen LogP contribution is -2.33. The van der Waals surface area contributed by atoms with Gasteiger partial charge < -0.3 is 5.32 Å². The monoisotopic (exact) mass is 389 g/mol. The first-order valence-corrected chi connectivity index (χ1v) is 11.0. The van der Waals surface area contributed by atoms with Crippen molar-refractivity contribution >= 4 is 5.82 Å². The molecule has 2 heterocycles. The highest BCUT2D eigenvalue weighted by Crippen LogP contribution is 2.39. The molecular weight excluding hydrogens is 362 g/mol. The molecule has 1 N–H and O–H groups in total. The van der Waals surface area contributed by atoms with E-state index < -0.39 is 0 Å². The average Bonchev–Trinajstić information content (AvgIpc) is 3.60. The van der Waals surface area contributed by atoms with Crippen LogP contribution in [0.1, 0.15) is 85.8 Å². The second-order valence-corrected chi connectivity index (χ2v) is 8.77. The van der Waals surface area contributed by atoms with Gasteiger partial charge in [-0.3, -0.25) is 4.79 Å². The Balaban J connectivity index is 1.28. The summed E-state index contributed by atoms with van der Waals surface area (Å²) in [5.74, 6) is 1.29. The van der Waals surface area contributed by atoms with Crippen LogP contribution in [0.15, 0.2) is 23.0 Å². The number of hydrogen-bond donors (Lipinski definition) is 1. The third-order valence-electron chi connectivity index (χ3n) is 6.65. The molecule has 6 nitrogen and oxygen atoms in total. The number of nitrogens with one attached hydrogen (secondary N) is 1. The van der Waals surface area contributed by atoms with E-state index in [0.717, 1.165) is 55.7 Å². The van der Waals surface area contributed by atoms with Crippen molar-refractivity contribution in [2.24, 2.45) is 0 Å². The van der Waals surface area contributed by atoms with Crippen LogP contribution in [0.25, 0.3) is 0 Å². The zero-order chi connectivity index (χ0) is 19.8. The Morgan fingerprint density at radius 3 is 2.62 bits per heavy atom. The standard InChI is InChI=1S/C23H27N5O/c24-14-17-13-16-3-1-2-4-20(16)26-23(17)25-18-7-9-19(10-8-18)28-22(29)12-11-21(27-28)15-5-6-15/h11-13,15,18-19H,1-10H2,(H,25,26). The van der Waals surface area contributed by atoms with Crippen LogP contribution in [-0.4, -0.2) is 20.8 Å². The minimum atomic E-state index is 0.00827. The molecule has 150 valence electrons. The Kier molecular flexibility index (Phi) is 4.83. The molecule has 5 rings (SSSR count). The first-order valence-electron chi connectivity index (χ1n) is 11.0.